The molecule has 9 heavy (non-hydrogen) atoms. The highest BCUT2D eigenvalue weighted by Gasteiger charge is 2.13. The summed E-state index contributed by atoms with van der Waals surface area (Å²) in [4.78, 5) is 10.7. The fraction of sp³-hybridized carbons (Fsp3) is 0.833. The zero-order valence-electron chi connectivity index (χ0n) is 5.26. The Bertz CT molecular complexity index is 126. The van der Waals surface area contributed by atoms with E-state index in [1.54, 1.807) is 0 Å². The summed E-state index contributed by atoms with van der Waals surface area (Å²) >= 11 is 0. The van der Waals surface area contributed by atoms with E-state index in [4.69, 9.17) is 0 Å². The van der Waals surface area contributed by atoms with Crippen LogP contribution in [0.5, 0.6) is 0 Å². The predicted molar refractivity (Wildman–Crippen MR) is 36.5 cm³/mol. The van der Waals surface area contributed by atoms with Crippen molar-refractivity contribution >= 4 is 15.9 Å². The van der Waals surface area contributed by atoms with Gasteiger partial charge in [-0.15, -0.1) is 0 Å². The molecule has 0 aliphatic carbocycles. The van der Waals surface area contributed by atoms with Crippen LogP contribution < -0.4 is 0 Å². The van der Waals surface area contributed by atoms with Crippen LogP contribution in [0.1, 0.15) is 25.7 Å². The van der Waals surface area contributed by atoms with E-state index in [0.717, 1.165) is 19.3 Å². The number of hydrogen-bond acceptors (Lipinski definition) is 2. The van der Waals surface area contributed by atoms with E-state index in [-0.39, 0.29) is 5.12 Å². The second kappa shape index (κ2) is 3.11. The molecule has 0 spiro atoms. The van der Waals surface area contributed by atoms with Gasteiger partial charge in [0, 0.05) is 12.2 Å². The lowest BCUT2D eigenvalue weighted by molar-refractivity contribution is -0.111. The highest BCUT2D eigenvalue weighted by molar-refractivity contribution is 8.00. The zero-order chi connectivity index (χ0) is 6.69. The molecule has 0 aromatic rings. The Morgan fingerprint density at radius 1 is 1.22 bits per heavy atom. The highest BCUT2D eigenvalue weighted by atomic mass is 32.2. The molecule has 0 saturated carbocycles. The van der Waals surface area contributed by atoms with Gasteiger partial charge in [0.05, 0.1) is 10.8 Å². The molecule has 0 radical (unpaired) electrons. The summed E-state index contributed by atoms with van der Waals surface area (Å²) in [5, 5.41) is -0.0486. The molecule has 1 rings (SSSR count). The number of hydrogen-bond donors (Lipinski definition) is 0. The molecule has 3 heteroatoms. The molecule has 1 unspecified atom stereocenters. The smallest absolute Gasteiger partial charge is 0.218 e. The summed E-state index contributed by atoms with van der Waals surface area (Å²) < 4.78 is 10.8. The Balaban J connectivity index is 2.51. The summed E-state index contributed by atoms with van der Waals surface area (Å²) in [5.74, 6) is 0.596. The third-order valence-electron chi connectivity index (χ3n) is 1.46. The molecular formula is C6H10O2S. The molecule has 0 aromatic heterocycles. The van der Waals surface area contributed by atoms with Crippen molar-refractivity contribution in [3.8, 4) is 0 Å². The Morgan fingerprint density at radius 3 is 2.78 bits per heavy atom. The molecular weight excluding hydrogens is 136 g/mol. The minimum absolute atomic E-state index is 0.0486. The summed E-state index contributed by atoms with van der Waals surface area (Å²) in [6.45, 7) is 0. The van der Waals surface area contributed by atoms with Crippen LogP contribution in [0.3, 0.4) is 0 Å². The minimum atomic E-state index is -1.14. The van der Waals surface area contributed by atoms with Crippen LogP contribution in [-0.2, 0) is 15.6 Å². The summed E-state index contributed by atoms with van der Waals surface area (Å²) in [5.41, 5.74) is 0. The molecule has 0 aromatic carbocycles. The minimum Gasteiger partial charge on any atom is -0.285 e. The fourth-order valence-corrected chi connectivity index (χ4v) is 1.97. The van der Waals surface area contributed by atoms with E-state index in [2.05, 4.69) is 0 Å². The summed E-state index contributed by atoms with van der Waals surface area (Å²) in [7, 11) is -1.14. The lowest BCUT2D eigenvalue weighted by atomic mass is 10.2. The van der Waals surface area contributed by atoms with Crippen LogP contribution in [0.2, 0.25) is 0 Å². The maximum Gasteiger partial charge on any atom is 0.218 e. The van der Waals surface area contributed by atoms with Crippen molar-refractivity contribution in [3.63, 3.8) is 0 Å². The second-order valence-corrected chi connectivity index (χ2v) is 3.79. The van der Waals surface area contributed by atoms with Gasteiger partial charge in [-0.25, -0.2) is 0 Å². The van der Waals surface area contributed by atoms with Crippen molar-refractivity contribution in [1.29, 1.82) is 0 Å². The van der Waals surface area contributed by atoms with Crippen LogP contribution in [-0.4, -0.2) is 15.1 Å². The molecule has 52 valence electrons. The standard InChI is InChI=1S/C6H10O2S/c7-6-4-2-1-3-5-9(6)8/h1-5H2. The molecule has 1 atom stereocenters. The topological polar surface area (TPSA) is 34.1 Å². The maximum absolute atomic E-state index is 10.8. The third kappa shape index (κ3) is 1.90. The van der Waals surface area contributed by atoms with Gasteiger partial charge in [0.25, 0.3) is 0 Å². The predicted octanol–water partition coefficient (Wildman–Crippen LogP) is 0.836. The first-order chi connectivity index (χ1) is 4.30. The summed E-state index contributed by atoms with van der Waals surface area (Å²) in [6, 6.07) is 0. The fourth-order valence-electron chi connectivity index (χ4n) is 0.907. The van der Waals surface area contributed by atoms with Crippen molar-refractivity contribution in [2.45, 2.75) is 25.7 Å². The maximum atomic E-state index is 10.8. The molecule has 1 heterocycles. The van der Waals surface area contributed by atoms with Gasteiger partial charge in [-0.2, -0.15) is 0 Å². The van der Waals surface area contributed by atoms with Crippen LogP contribution >= 0.6 is 0 Å². The zero-order valence-corrected chi connectivity index (χ0v) is 6.08. The SMILES string of the molecule is O=C1CCCCCS1=O. The van der Waals surface area contributed by atoms with Gasteiger partial charge in [0.15, 0.2) is 0 Å². The van der Waals surface area contributed by atoms with Crippen LogP contribution in [0, 0.1) is 0 Å². The van der Waals surface area contributed by atoms with Crippen LogP contribution in [0.25, 0.3) is 0 Å². The first kappa shape index (κ1) is 6.93. The molecule has 0 amide bonds. The molecule has 1 aliphatic heterocycles. The number of rotatable bonds is 0. The van der Waals surface area contributed by atoms with E-state index >= 15 is 0 Å². The van der Waals surface area contributed by atoms with Gasteiger partial charge in [0.1, 0.15) is 0 Å². The quantitative estimate of drug-likeness (QED) is 0.507. The van der Waals surface area contributed by atoms with Gasteiger partial charge >= 0.3 is 0 Å². The Labute approximate surface area is 57.1 Å². The molecule has 1 aliphatic rings. The summed E-state index contributed by atoms with van der Waals surface area (Å²) in [6.07, 6.45) is 3.49. The van der Waals surface area contributed by atoms with E-state index in [9.17, 15) is 9.00 Å². The number of carbonyl (C=O) groups is 1. The molecule has 2 nitrogen and oxygen atoms in total. The first-order valence-electron chi connectivity index (χ1n) is 3.22. The normalized spacial score (nSPS) is 29.8. The Hall–Kier alpha value is -0.180. The van der Waals surface area contributed by atoms with Gasteiger partial charge in [-0.3, -0.25) is 9.00 Å². The Morgan fingerprint density at radius 2 is 2.00 bits per heavy atom. The van der Waals surface area contributed by atoms with Crippen molar-refractivity contribution in [2.75, 3.05) is 5.75 Å². The van der Waals surface area contributed by atoms with Crippen molar-refractivity contribution in [3.05, 3.63) is 0 Å². The third-order valence-corrected chi connectivity index (χ3v) is 2.84. The first-order valence-corrected chi connectivity index (χ1v) is 4.54. The van der Waals surface area contributed by atoms with Crippen LogP contribution in [0.15, 0.2) is 0 Å². The monoisotopic (exact) mass is 146 g/mol. The van der Waals surface area contributed by atoms with Gasteiger partial charge in [-0.05, 0) is 12.8 Å². The van der Waals surface area contributed by atoms with Gasteiger partial charge < -0.3 is 0 Å². The molecule has 0 N–H and O–H groups in total. The Kier molecular flexibility index (Phi) is 2.39. The second-order valence-electron chi connectivity index (χ2n) is 2.23. The van der Waals surface area contributed by atoms with Crippen molar-refractivity contribution in [2.24, 2.45) is 0 Å². The average molecular weight is 146 g/mol. The lowest BCUT2D eigenvalue weighted by Crippen LogP contribution is -2.06. The lowest BCUT2D eigenvalue weighted by Gasteiger charge is -1.89. The largest absolute Gasteiger partial charge is 0.285 e. The molecule has 1 fully saturated rings. The van der Waals surface area contributed by atoms with E-state index in [1.807, 2.05) is 0 Å². The van der Waals surface area contributed by atoms with Gasteiger partial charge in [-0.1, -0.05) is 6.42 Å². The average Bonchev–Trinajstić information content (AvgIpc) is 1.99. The van der Waals surface area contributed by atoms with Gasteiger partial charge in [0.2, 0.25) is 5.12 Å². The van der Waals surface area contributed by atoms with E-state index < -0.39 is 10.8 Å². The molecule has 1 saturated heterocycles. The van der Waals surface area contributed by atoms with E-state index in [0.29, 0.717) is 12.2 Å². The van der Waals surface area contributed by atoms with Crippen LogP contribution in [0.4, 0.5) is 0 Å². The highest BCUT2D eigenvalue weighted by Crippen LogP contribution is 2.09. The van der Waals surface area contributed by atoms with E-state index in [1.165, 1.54) is 0 Å². The van der Waals surface area contributed by atoms with Crippen molar-refractivity contribution in [1.82, 2.24) is 0 Å². The molecule has 0 bridgehead atoms. The number of carbonyl (C=O) groups excluding carboxylic acids is 1. The van der Waals surface area contributed by atoms with Crippen molar-refractivity contribution < 1.29 is 9.00 Å².